The van der Waals surface area contributed by atoms with Crippen molar-refractivity contribution in [3.8, 4) is 0 Å². The van der Waals surface area contributed by atoms with Crippen LogP contribution in [0.4, 0.5) is 9.59 Å². The minimum Gasteiger partial charge on any atom is -0.449 e. The molecule has 1 N–H and O–H groups in total. The van der Waals surface area contributed by atoms with Crippen LogP contribution in [0.5, 0.6) is 0 Å². The molecule has 2 aromatic rings. The van der Waals surface area contributed by atoms with Crippen LogP contribution >= 0.6 is 11.6 Å². The van der Waals surface area contributed by atoms with Gasteiger partial charge in [-0.05, 0) is 11.1 Å². The number of amides is 1. The molecule has 0 bridgehead atoms. The number of benzene rings is 2. The van der Waals surface area contributed by atoms with E-state index in [1.54, 1.807) is 7.05 Å². The second kappa shape index (κ2) is 12.7. The van der Waals surface area contributed by atoms with Gasteiger partial charge in [0.05, 0.1) is 6.61 Å². The van der Waals surface area contributed by atoms with Gasteiger partial charge in [-0.15, -0.1) is 0 Å². The molecule has 7 heteroatoms. The summed E-state index contributed by atoms with van der Waals surface area (Å²) in [5.41, 5.74) is 1.11. The molecule has 0 unspecified atom stereocenters. The fourth-order valence-corrected chi connectivity index (χ4v) is 1.84. The molecule has 0 atom stereocenters. The summed E-state index contributed by atoms with van der Waals surface area (Å²) >= 11 is 4.97. The summed E-state index contributed by atoms with van der Waals surface area (Å²) in [7, 11) is 1.59. The van der Waals surface area contributed by atoms with E-state index in [-0.39, 0.29) is 26.4 Å². The molecule has 2 aromatic carbocycles. The quantitative estimate of drug-likeness (QED) is 0.772. The van der Waals surface area contributed by atoms with E-state index in [9.17, 15) is 9.59 Å². The lowest BCUT2D eigenvalue weighted by molar-refractivity contribution is 0.0978. The first-order valence-electron chi connectivity index (χ1n) is 7.91. The number of likely N-dealkylation sites (N-methyl/N-ethyl adjacent to an activating group) is 1. The Morgan fingerprint density at radius 3 is 1.81 bits per heavy atom. The first kappa shape index (κ1) is 21.5. The summed E-state index contributed by atoms with van der Waals surface area (Å²) in [6, 6.07) is 18.8. The van der Waals surface area contributed by atoms with Gasteiger partial charge < -0.3 is 19.5 Å². The van der Waals surface area contributed by atoms with Gasteiger partial charge in [-0.1, -0.05) is 60.7 Å². The average Bonchev–Trinajstić information content (AvgIpc) is 2.67. The van der Waals surface area contributed by atoms with Crippen LogP contribution in [0.3, 0.4) is 0 Å². The van der Waals surface area contributed by atoms with E-state index in [0.29, 0.717) is 0 Å². The molecule has 1 amide bonds. The Hall–Kier alpha value is -2.57. The minimum atomic E-state index is -0.770. The number of aliphatic hydroxyl groups excluding tert-OH is 1. The van der Waals surface area contributed by atoms with Gasteiger partial charge in [0.2, 0.25) is 0 Å². The van der Waals surface area contributed by atoms with Crippen molar-refractivity contribution >= 4 is 23.1 Å². The molecule has 0 aliphatic carbocycles. The summed E-state index contributed by atoms with van der Waals surface area (Å²) in [5.74, 6) is 0. The number of halogens is 1. The van der Waals surface area contributed by atoms with Gasteiger partial charge in [-0.3, -0.25) is 0 Å². The summed E-state index contributed by atoms with van der Waals surface area (Å²) in [6.07, 6.45) is -0.423. The molecule has 0 radical (unpaired) electrons. The van der Waals surface area contributed by atoms with E-state index < -0.39 is 11.5 Å². The highest BCUT2D eigenvalue weighted by molar-refractivity contribution is 6.61. The first-order valence-corrected chi connectivity index (χ1v) is 8.29. The van der Waals surface area contributed by atoms with Crippen molar-refractivity contribution in [2.45, 2.75) is 13.2 Å². The van der Waals surface area contributed by atoms with Gasteiger partial charge in [0.25, 0.3) is 0 Å². The van der Waals surface area contributed by atoms with Crippen molar-refractivity contribution in [3.63, 3.8) is 0 Å². The predicted molar refractivity (Wildman–Crippen MR) is 98.8 cm³/mol. The second-order valence-electron chi connectivity index (χ2n) is 5.20. The topological polar surface area (TPSA) is 76.1 Å². The van der Waals surface area contributed by atoms with Crippen molar-refractivity contribution in [1.29, 1.82) is 0 Å². The Morgan fingerprint density at radius 1 is 0.923 bits per heavy atom. The highest BCUT2D eigenvalue weighted by atomic mass is 35.5. The highest BCUT2D eigenvalue weighted by Crippen LogP contribution is 2.02. The number of rotatable bonds is 6. The Bertz CT molecular complexity index is 651. The molecule has 0 aliphatic heterocycles. The fraction of sp³-hybridized carbons (Fsp3) is 0.263. The van der Waals surface area contributed by atoms with Gasteiger partial charge in [-0.25, -0.2) is 9.59 Å². The van der Waals surface area contributed by atoms with E-state index in [0.717, 1.165) is 11.1 Å². The van der Waals surface area contributed by atoms with Crippen LogP contribution < -0.4 is 0 Å². The zero-order chi connectivity index (χ0) is 19.2. The van der Waals surface area contributed by atoms with Crippen LogP contribution in [0.25, 0.3) is 0 Å². The molecule has 0 heterocycles. The third kappa shape index (κ3) is 9.66. The van der Waals surface area contributed by atoms with Gasteiger partial charge in [0.1, 0.15) is 13.2 Å². The lowest BCUT2D eigenvalue weighted by Crippen LogP contribution is -2.29. The number of hydrogen-bond donors (Lipinski definition) is 1. The molecule has 0 saturated heterocycles. The largest absolute Gasteiger partial charge is 0.449 e. The molecule has 0 saturated carbocycles. The predicted octanol–water partition coefficient (Wildman–Crippen LogP) is 3.81. The number of carbonyl (C=O) groups excluding carboxylic acids is 2. The van der Waals surface area contributed by atoms with Gasteiger partial charge >= 0.3 is 11.5 Å². The molecule has 2 rings (SSSR count). The van der Waals surface area contributed by atoms with Crippen molar-refractivity contribution in [3.05, 3.63) is 71.8 Å². The van der Waals surface area contributed by atoms with E-state index >= 15 is 0 Å². The van der Waals surface area contributed by atoms with Gasteiger partial charge in [-0.2, -0.15) is 0 Å². The zero-order valence-electron chi connectivity index (χ0n) is 14.5. The average molecular weight is 380 g/mol. The SMILES string of the molecule is CN(CCO)C(=O)OCc1ccccc1.O=C(Cl)OCc1ccccc1. The molecule has 0 aromatic heterocycles. The summed E-state index contributed by atoms with van der Waals surface area (Å²) < 4.78 is 9.57. The molecule has 0 fully saturated rings. The standard InChI is InChI=1S/C11H15NO3.C8H7ClO2/c1-12(7-8-13)11(14)15-9-10-5-3-2-4-6-10;9-8(10)11-6-7-4-2-1-3-5-7/h2-6,13H,7-9H2,1H3;1-5H,6H2. The number of ether oxygens (including phenoxy) is 2. The Morgan fingerprint density at radius 2 is 1.38 bits per heavy atom. The number of hydrogen-bond acceptors (Lipinski definition) is 5. The van der Waals surface area contributed by atoms with Crippen LogP contribution in [0.2, 0.25) is 0 Å². The zero-order valence-corrected chi connectivity index (χ0v) is 15.3. The second-order valence-corrected chi connectivity index (χ2v) is 5.51. The summed E-state index contributed by atoms with van der Waals surface area (Å²) in [4.78, 5) is 22.8. The van der Waals surface area contributed by atoms with Crippen LogP contribution in [0.1, 0.15) is 11.1 Å². The summed E-state index contributed by atoms with van der Waals surface area (Å²) in [6.45, 7) is 0.725. The summed E-state index contributed by atoms with van der Waals surface area (Å²) in [5, 5.41) is 8.62. The number of carbonyl (C=O) groups is 2. The monoisotopic (exact) mass is 379 g/mol. The third-order valence-corrected chi connectivity index (χ3v) is 3.26. The minimum absolute atomic E-state index is 0.0586. The normalized spacial score (nSPS) is 9.50. The van der Waals surface area contributed by atoms with Crippen LogP contribution in [-0.2, 0) is 22.7 Å². The van der Waals surface area contributed by atoms with Gasteiger partial charge in [0.15, 0.2) is 0 Å². The van der Waals surface area contributed by atoms with Crippen LogP contribution in [0, 0.1) is 0 Å². The van der Waals surface area contributed by atoms with E-state index in [1.807, 2.05) is 60.7 Å². The van der Waals surface area contributed by atoms with Crippen molar-refractivity contribution < 1.29 is 24.2 Å². The molecule has 0 aliphatic rings. The maximum absolute atomic E-state index is 11.3. The number of nitrogens with zero attached hydrogens (tertiary/aromatic N) is 1. The van der Waals surface area contributed by atoms with Crippen LogP contribution in [-0.4, -0.2) is 41.7 Å². The van der Waals surface area contributed by atoms with Crippen molar-refractivity contribution in [2.75, 3.05) is 20.2 Å². The van der Waals surface area contributed by atoms with E-state index in [1.165, 1.54) is 4.90 Å². The molecular weight excluding hydrogens is 358 g/mol. The maximum atomic E-state index is 11.3. The van der Waals surface area contributed by atoms with Crippen LogP contribution in [0.15, 0.2) is 60.7 Å². The molecular formula is C19H22ClNO5. The Labute approximate surface area is 157 Å². The number of aliphatic hydroxyl groups is 1. The lowest BCUT2D eigenvalue weighted by Gasteiger charge is -2.15. The highest BCUT2D eigenvalue weighted by Gasteiger charge is 2.08. The van der Waals surface area contributed by atoms with E-state index in [4.69, 9.17) is 21.4 Å². The first-order chi connectivity index (χ1) is 12.5. The van der Waals surface area contributed by atoms with E-state index in [2.05, 4.69) is 4.74 Å². The molecule has 26 heavy (non-hydrogen) atoms. The maximum Gasteiger partial charge on any atom is 0.409 e. The smallest absolute Gasteiger partial charge is 0.409 e. The van der Waals surface area contributed by atoms with Crippen molar-refractivity contribution in [2.24, 2.45) is 0 Å². The lowest BCUT2D eigenvalue weighted by atomic mass is 10.2. The Balaban J connectivity index is 0.000000273. The Kier molecular flexibility index (Phi) is 10.5. The molecule has 6 nitrogen and oxygen atoms in total. The molecule has 140 valence electrons. The third-order valence-electron chi connectivity index (χ3n) is 3.15. The molecule has 0 spiro atoms. The van der Waals surface area contributed by atoms with Gasteiger partial charge in [0, 0.05) is 25.2 Å². The van der Waals surface area contributed by atoms with Crippen molar-refractivity contribution in [1.82, 2.24) is 4.90 Å². The fourth-order valence-electron chi connectivity index (χ4n) is 1.79.